The van der Waals surface area contributed by atoms with Crippen molar-refractivity contribution in [2.24, 2.45) is 0 Å². The van der Waals surface area contributed by atoms with Gasteiger partial charge in [0.05, 0.1) is 4.90 Å². The summed E-state index contributed by atoms with van der Waals surface area (Å²) in [6.45, 7) is -0.367. The van der Waals surface area contributed by atoms with Gasteiger partial charge in [-0.25, -0.2) is 8.42 Å². The largest absolute Gasteiger partial charge is 0.460 e. The molecule has 0 aliphatic carbocycles. The molecule has 2 aromatic rings. The first-order chi connectivity index (χ1) is 10.5. The van der Waals surface area contributed by atoms with Crippen LogP contribution in [-0.2, 0) is 26.2 Å². The lowest BCUT2D eigenvalue weighted by atomic mass is 10.2. The number of halogens is 1. The molecule has 2 rings (SSSR count). The summed E-state index contributed by atoms with van der Waals surface area (Å²) < 4.78 is 31.0. The second kappa shape index (κ2) is 7.40. The van der Waals surface area contributed by atoms with Crippen molar-refractivity contribution in [2.45, 2.75) is 11.5 Å². The molecule has 1 N–H and O–H groups in total. The van der Waals surface area contributed by atoms with Crippen molar-refractivity contribution in [1.29, 1.82) is 0 Å². The molecule has 7 heteroatoms. The Morgan fingerprint density at radius 1 is 1.05 bits per heavy atom. The second-order valence-electron chi connectivity index (χ2n) is 4.42. The normalized spacial score (nSPS) is 11.1. The Hall–Kier alpha value is -1.89. The second-order valence-corrected chi connectivity index (χ2v) is 6.63. The lowest BCUT2D eigenvalue weighted by Gasteiger charge is -2.07. The van der Waals surface area contributed by atoms with E-state index in [0.717, 1.165) is 5.56 Å². The summed E-state index contributed by atoms with van der Waals surface area (Å²) in [6, 6.07) is 14.6. The summed E-state index contributed by atoms with van der Waals surface area (Å²) in [5.41, 5.74) is 0.767. The van der Waals surface area contributed by atoms with Crippen LogP contribution in [0.5, 0.6) is 0 Å². The molecule has 0 aliphatic rings. The van der Waals surface area contributed by atoms with Gasteiger partial charge in [-0.1, -0.05) is 41.9 Å². The van der Waals surface area contributed by atoms with Crippen LogP contribution in [-0.4, -0.2) is 20.9 Å². The van der Waals surface area contributed by atoms with Crippen LogP contribution in [0.25, 0.3) is 0 Å². The van der Waals surface area contributed by atoms with Crippen molar-refractivity contribution in [3.8, 4) is 0 Å². The highest BCUT2D eigenvalue weighted by Gasteiger charge is 2.15. The van der Waals surface area contributed by atoms with E-state index in [1.807, 2.05) is 0 Å². The molecule has 0 saturated heterocycles. The number of benzene rings is 2. The van der Waals surface area contributed by atoms with Crippen LogP contribution in [0.1, 0.15) is 5.56 Å². The third-order valence-electron chi connectivity index (χ3n) is 2.77. The van der Waals surface area contributed by atoms with Gasteiger partial charge in [0.25, 0.3) is 0 Å². The van der Waals surface area contributed by atoms with Gasteiger partial charge in [-0.15, -0.1) is 0 Å². The highest BCUT2D eigenvalue weighted by atomic mass is 35.5. The SMILES string of the molecule is O=C(CNS(=O)(=O)c1ccccc1)OCc1ccc(Cl)cc1. The smallest absolute Gasteiger partial charge is 0.321 e. The molecule has 0 fully saturated rings. The van der Waals surface area contributed by atoms with Gasteiger partial charge >= 0.3 is 5.97 Å². The Morgan fingerprint density at radius 2 is 1.68 bits per heavy atom. The number of hydrogen-bond donors (Lipinski definition) is 1. The maximum Gasteiger partial charge on any atom is 0.321 e. The first-order valence-electron chi connectivity index (χ1n) is 6.42. The van der Waals surface area contributed by atoms with Crippen molar-refractivity contribution < 1.29 is 17.9 Å². The molecule has 0 spiro atoms. The molecule has 0 atom stereocenters. The number of ether oxygens (including phenoxy) is 1. The van der Waals surface area contributed by atoms with Crippen LogP contribution in [0.3, 0.4) is 0 Å². The standard InChI is InChI=1S/C15H14ClNO4S/c16-13-8-6-12(7-9-13)11-21-15(18)10-17-22(19,20)14-4-2-1-3-5-14/h1-9,17H,10-11H2. The van der Waals surface area contributed by atoms with Gasteiger partial charge in [0, 0.05) is 5.02 Å². The number of sulfonamides is 1. The van der Waals surface area contributed by atoms with Crippen LogP contribution in [0.15, 0.2) is 59.5 Å². The van der Waals surface area contributed by atoms with Gasteiger partial charge in [-0.3, -0.25) is 4.79 Å². The van der Waals surface area contributed by atoms with E-state index >= 15 is 0 Å². The first kappa shape index (κ1) is 16.5. The van der Waals surface area contributed by atoms with Crippen LogP contribution < -0.4 is 4.72 Å². The van der Waals surface area contributed by atoms with E-state index in [1.165, 1.54) is 12.1 Å². The molecule has 0 aromatic heterocycles. The first-order valence-corrected chi connectivity index (χ1v) is 8.28. The van der Waals surface area contributed by atoms with Crippen LogP contribution in [0.4, 0.5) is 0 Å². The molecular weight excluding hydrogens is 326 g/mol. The van der Waals surface area contributed by atoms with Gasteiger partial charge < -0.3 is 4.74 Å². The summed E-state index contributed by atoms with van der Waals surface area (Å²) in [5, 5.41) is 0.589. The zero-order chi connectivity index (χ0) is 16.0. The predicted octanol–water partition coefficient (Wildman–Crippen LogP) is 2.36. The van der Waals surface area contributed by atoms with E-state index < -0.39 is 22.5 Å². The molecule has 5 nitrogen and oxygen atoms in total. The molecule has 2 aromatic carbocycles. The minimum atomic E-state index is -3.71. The zero-order valence-corrected chi connectivity index (χ0v) is 13.1. The molecule has 0 aliphatic heterocycles. The highest BCUT2D eigenvalue weighted by Crippen LogP contribution is 2.10. The van der Waals surface area contributed by atoms with Crippen molar-refractivity contribution in [3.63, 3.8) is 0 Å². The molecule has 0 heterocycles. The molecule has 0 saturated carbocycles. The fourth-order valence-corrected chi connectivity index (χ4v) is 2.75. The monoisotopic (exact) mass is 339 g/mol. The van der Waals surface area contributed by atoms with Crippen molar-refractivity contribution in [3.05, 3.63) is 65.2 Å². The minimum absolute atomic E-state index is 0.0586. The Balaban J connectivity index is 1.84. The van der Waals surface area contributed by atoms with Crippen LogP contribution in [0.2, 0.25) is 5.02 Å². The Morgan fingerprint density at radius 3 is 2.32 bits per heavy atom. The Kier molecular flexibility index (Phi) is 5.54. The molecule has 0 amide bonds. The third kappa shape index (κ3) is 4.84. The number of esters is 1. The van der Waals surface area contributed by atoms with Crippen LogP contribution >= 0.6 is 11.6 Å². The van der Waals surface area contributed by atoms with Crippen molar-refractivity contribution in [1.82, 2.24) is 4.72 Å². The van der Waals surface area contributed by atoms with E-state index in [2.05, 4.69) is 4.72 Å². The number of rotatable bonds is 6. The molecule has 0 bridgehead atoms. The predicted molar refractivity (Wildman–Crippen MR) is 82.9 cm³/mol. The van der Waals surface area contributed by atoms with Crippen molar-refractivity contribution >= 4 is 27.6 Å². The minimum Gasteiger partial charge on any atom is -0.460 e. The summed E-state index contributed by atoms with van der Waals surface area (Å²) in [6.07, 6.45) is 0. The van der Waals surface area contributed by atoms with Gasteiger partial charge in [-0.2, -0.15) is 4.72 Å². The van der Waals surface area contributed by atoms with Gasteiger partial charge in [0.1, 0.15) is 13.2 Å². The lowest BCUT2D eigenvalue weighted by molar-refractivity contribution is -0.143. The summed E-state index contributed by atoms with van der Waals surface area (Å²) >= 11 is 5.75. The van der Waals surface area contributed by atoms with Crippen LogP contribution in [0, 0.1) is 0 Å². The number of hydrogen-bond acceptors (Lipinski definition) is 4. The summed E-state index contributed by atoms with van der Waals surface area (Å²) in [5.74, 6) is -0.658. The average Bonchev–Trinajstić information content (AvgIpc) is 2.53. The van der Waals surface area contributed by atoms with E-state index in [-0.39, 0.29) is 11.5 Å². The molecular formula is C15H14ClNO4S. The summed E-state index contributed by atoms with van der Waals surface area (Å²) in [7, 11) is -3.71. The fourth-order valence-electron chi connectivity index (χ4n) is 1.63. The van der Waals surface area contributed by atoms with E-state index in [0.29, 0.717) is 5.02 Å². The third-order valence-corrected chi connectivity index (χ3v) is 4.44. The number of carbonyl (C=O) groups is 1. The van der Waals surface area contributed by atoms with Crippen molar-refractivity contribution in [2.75, 3.05) is 6.54 Å². The topological polar surface area (TPSA) is 72.5 Å². The van der Waals surface area contributed by atoms with E-state index in [9.17, 15) is 13.2 Å². The molecule has 22 heavy (non-hydrogen) atoms. The van der Waals surface area contributed by atoms with E-state index in [1.54, 1.807) is 42.5 Å². The molecule has 116 valence electrons. The maximum absolute atomic E-state index is 11.9. The van der Waals surface area contributed by atoms with Gasteiger partial charge in [0.15, 0.2) is 0 Å². The number of nitrogens with one attached hydrogen (secondary N) is 1. The Bertz CT molecular complexity index is 730. The highest BCUT2D eigenvalue weighted by molar-refractivity contribution is 7.89. The maximum atomic E-state index is 11.9. The van der Waals surface area contributed by atoms with E-state index in [4.69, 9.17) is 16.3 Å². The zero-order valence-electron chi connectivity index (χ0n) is 11.5. The lowest BCUT2D eigenvalue weighted by Crippen LogP contribution is -2.30. The fraction of sp³-hybridized carbons (Fsp3) is 0.133. The van der Waals surface area contributed by atoms with Gasteiger partial charge in [-0.05, 0) is 29.8 Å². The quantitative estimate of drug-likeness (QED) is 0.820. The van der Waals surface area contributed by atoms with Gasteiger partial charge in [0.2, 0.25) is 10.0 Å². The molecule has 0 unspecified atom stereocenters. The average molecular weight is 340 g/mol. The number of carbonyl (C=O) groups excluding carboxylic acids is 1. The summed E-state index contributed by atoms with van der Waals surface area (Å²) in [4.78, 5) is 11.7. The molecule has 0 radical (unpaired) electrons. The Labute approximate surface area is 133 Å².